The molecule has 0 N–H and O–H groups in total. The van der Waals surface area contributed by atoms with Gasteiger partial charge < -0.3 is 14.6 Å². The molecule has 0 unspecified atom stereocenters. The zero-order valence-electron chi connectivity index (χ0n) is 7.25. The van der Waals surface area contributed by atoms with Gasteiger partial charge in [0, 0.05) is 18.0 Å². The first-order valence-electron chi connectivity index (χ1n) is 3.12. The van der Waals surface area contributed by atoms with Crippen LogP contribution in [0.4, 0.5) is 0 Å². The molecule has 0 heterocycles. The van der Waals surface area contributed by atoms with E-state index in [2.05, 4.69) is 11.3 Å². The predicted octanol–water partition coefficient (Wildman–Crippen LogP) is -3.75. The minimum atomic E-state index is -1.33. The van der Waals surface area contributed by atoms with Gasteiger partial charge in [-0.15, -0.1) is 0 Å². The SMILES string of the molecule is C=C(CC(=O)[O-])C(=O)OCC.[K+]. The molecule has 0 rings (SSSR count). The molecule has 0 saturated carbocycles. The molecule has 5 heteroatoms. The fourth-order valence-corrected chi connectivity index (χ4v) is 0.480. The summed E-state index contributed by atoms with van der Waals surface area (Å²) in [6.45, 7) is 5.06. The number of carboxylic acids is 1. The van der Waals surface area contributed by atoms with E-state index in [-0.39, 0.29) is 63.6 Å². The van der Waals surface area contributed by atoms with Crippen molar-refractivity contribution in [1.29, 1.82) is 0 Å². The summed E-state index contributed by atoms with van der Waals surface area (Å²) in [5, 5.41) is 9.94. The number of aliphatic carboxylic acids is 1. The second kappa shape index (κ2) is 7.94. The zero-order chi connectivity index (χ0) is 8.85. The Balaban J connectivity index is 0. The number of esters is 1. The quantitative estimate of drug-likeness (QED) is 0.263. The molecule has 0 aliphatic carbocycles. The maximum absolute atomic E-state index is 10.7. The van der Waals surface area contributed by atoms with Crippen molar-refractivity contribution in [2.45, 2.75) is 13.3 Å². The van der Waals surface area contributed by atoms with Gasteiger partial charge >= 0.3 is 57.4 Å². The van der Waals surface area contributed by atoms with Crippen molar-refractivity contribution in [3.63, 3.8) is 0 Å². The molecule has 62 valence electrons. The smallest absolute Gasteiger partial charge is 0.550 e. The topological polar surface area (TPSA) is 66.4 Å². The third-order valence-electron chi connectivity index (χ3n) is 0.922. The molecule has 0 fully saturated rings. The van der Waals surface area contributed by atoms with Crippen LogP contribution in [0.15, 0.2) is 12.2 Å². The molecule has 0 aliphatic rings. The van der Waals surface area contributed by atoms with Crippen LogP contribution >= 0.6 is 0 Å². The average Bonchev–Trinajstić information content (AvgIpc) is 1.86. The van der Waals surface area contributed by atoms with Gasteiger partial charge in [-0.1, -0.05) is 6.58 Å². The minimum absolute atomic E-state index is 0. The van der Waals surface area contributed by atoms with E-state index < -0.39 is 18.4 Å². The monoisotopic (exact) mass is 196 g/mol. The van der Waals surface area contributed by atoms with Crippen molar-refractivity contribution in [2.75, 3.05) is 6.61 Å². The van der Waals surface area contributed by atoms with E-state index in [1.54, 1.807) is 6.92 Å². The summed E-state index contributed by atoms with van der Waals surface area (Å²) in [6.07, 6.45) is -0.473. The van der Waals surface area contributed by atoms with Crippen molar-refractivity contribution in [1.82, 2.24) is 0 Å². The molecule has 0 spiro atoms. The number of carbonyl (C=O) groups excluding carboxylic acids is 2. The predicted molar refractivity (Wildman–Crippen MR) is 35.4 cm³/mol. The van der Waals surface area contributed by atoms with E-state index in [1.807, 2.05) is 0 Å². The van der Waals surface area contributed by atoms with Gasteiger partial charge in [-0.2, -0.15) is 0 Å². The Bertz CT molecular complexity index is 188. The largest absolute Gasteiger partial charge is 1.00 e. The van der Waals surface area contributed by atoms with Gasteiger partial charge in [0.1, 0.15) is 0 Å². The van der Waals surface area contributed by atoms with Crippen LogP contribution in [-0.2, 0) is 14.3 Å². The first kappa shape index (κ1) is 14.8. The van der Waals surface area contributed by atoms with Crippen LogP contribution in [0.1, 0.15) is 13.3 Å². The van der Waals surface area contributed by atoms with Gasteiger partial charge in [-0.25, -0.2) is 4.79 Å². The van der Waals surface area contributed by atoms with Crippen LogP contribution in [-0.4, -0.2) is 18.5 Å². The molecule has 0 atom stereocenters. The van der Waals surface area contributed by atoms with Crippen molar-refractivity contribution >= 4 is 11.9 Å². The third-order valence-corrected chi connectivity index (χ3v) is 0.922. The van der Waals surface area contributed by atoms with Gasteiger partial charge in [0.25, 0.3) is 0 Å². The van der Waals surface area contributed by atoms with E-state index in [1.165, 1.54) is 0 Å². The molecule has 0 amide bonds. The molecule has 12 heavy (non-hydrogen) atoms. The first-order valence-corrected chi connectivity index (χ1v) is 3.12. The van der Waals surface area contributed by atoms with Crippen LogP contribution in [0.2, 0.25) is 0 Å². The van der Waals surface area contributed by atoms with E-state index in [4.69, 9.17) is 0 Å². The number of carbonyl (C=O) groups is 2. The van der Waals surface area contributed by atoms with Gasteiger partial charge in [-0.05, 0) is 6.92 Å². The van der Waals surface area contributed by atoms with Crippen LogP contribution in [0.25, 0.3) is 0 Å². The number of ether oxygens (including phenoxy) is 1. The molecule has 0 bridgehead atoms. The number of rotatable bonds is 4. The van der Waals surface area contributed by atoms with Gasteiger partial charge in [0.15, 0.2) is 0 Å². The van der Waals surface area contributed by atoms with Crippen molar-refractivity contribution < 1.29 is 70.8 Å². The van der Waals surface area contributed by atoms with Crippen molar-refractivity contribution in [3.05, 3.63) is 12.2 Å². The summed E-state index contributed by atoms with van der Waals surface area (Å²) < 4.78 is 4.47. The number of carboxylic acid groups (broad SMARTS) is 1. The maximum atomic E-state index is 10.7. The molecule has 0 saturated heterocycles. The third kappa shape index (κ3) is 6.99. The molecular formula is C7H9KO4. The van der Waals surface area contributed by atoms with Gasteiger partial charge in [0.05, 0.1) is 6.61 Å². The van der Waals surface area contributed by atoms with E-state index >= 15 is 0 Å². The van der Waals surface area contributed by atoms with Crippen molar-refractivity contribution in [3.8, 4) is 0 Å². The van der Waals surface area contributed by atoms with Gasteiger partial charge in [-0.3, -0.25) is 0 Å². The standard InChI is InChI=1S/C7H10O4.K/c1-3-11-7(10)5(2)4-6(8)9;/h2-4H2,1H3,(H,8,9);/q;+1/p-1. The first-order chi connectivity index (χ1) is 5.07. The summed E-state index contributed by atoms with van der Waals surface area (Å²) in [7, 11) is 0. The fraction of sp³-hybridized carbons (Fsp3) is 0.429. The van der Waals surface area contributed by atoms with Gasteiger partial charge in [0.2, 0.25) is 0 Å². The second-order valence-corrected chi connectivity index (χ2v) is 1.87. The Hall–Kier alpha value is 0.316. The Labute approximate surface area is 113 Å². The molecule has 0 aromatic carbocycles. The molecule has 0 aliphatic heterocycles. The summed E-state index contributed by atoms with van der Waals surface area (Å²) in [6, 6.07) is 0. The normalized spacial score (nSPS) is 8.08. The van der Waals surface area contributed by atoms with Crippen molar-refractivity contribution in [2.24, 2.45) is 0 Å². The second-order valence-electron chi connectivity index (χ2n) is 1.87. The number of hydrogen-bond acceptors (Lipinski definition) is 4. The Morgan fingerprint density at radius 2 is 2.00 bits per heavy atom. The van der Waals surface area contributed by atoms with E-state index in [0.717, 1.165) is 0 Å². The minimum Gasteiger partial charge on any atom is -0.550 e. The Kier molecular flexibility index (Phi) is 9.81. The van der Waals surface area contributed by atoms with Crippen LogP contribution in [0.5, 0.6) is 0 Å². The molecule has 0 aromatic rings. The van der Waals surface area contributed by atoms with E-state index in [0.29, 0.717) is 0 Å². The van der Waals surface area contributed by atoms with Crippen LogP contribution in [0, 0.1) is 0 Å². The van der Waals surface area contributed by atoms with Crippen LogP contribution in [0.3, 0.4) is 0 Å². The summed E-state index contributed by atoms with van der Waals surface area (Å²) in [5.74, 6) is -2.01. The Morgan fingerprint density at radius 3 is 2.33 bits per heavy atom. The molecule has 0 aromatic heterocycles. The summed E-state index contributed by atoms with van der Waals surface area (Å²) in [5.41, 5.74) is -0.0909. The van der Waals surface area contributed by atoms with E-state index in [9.17, 15) is 14.7 Å². The molecule has 4 nitrogen and oxygen atoms in total. The fourth-order valence-electron chi connectivity index (χ4n) is 0.480. The van der Waals surface area contributed by atoms with Crippen LogP contribution < -0.4 is 56.5 Å². The summed E-state index contributed by atoms with van der Waals surface area (Å²) in [4.78, 5) is 20.6. The Morgan fingerprint density at radius 1 is 1.50 bits per heavy atom. The summed E-state index contributed by atoms with van der Waals surface area (Å²) >= 11 is 0. The molecular weight excluding hydrogens is 187 g/mol. The zero-order valence-corrected chi connectivity index (χ0v) is 10.4. The number of hydrogen-bond donors (Lipinski definition) is 0. The maximum Gasteiger partial charge on any atom is 1.00 e. The average molecular weight is 196 g/mol. The molecule has 0 radical (unpaired) electrons.